The molecule has 14 nitrogen and oxygen atoms in total. The number of Topliss-reactive ketones (excluding diaryl/α,β-unsaturated/α-hetero) is 1. The number of carbonyl (C=O) groups is 4. The van der Waals surface area contributed by atoms with Gasteiger partial charge in [0.05, 0.1) is 13.1 Å². The molecule has 3 fully saturated rings. The van der Waals surface area contributed by atoms with Gasteiger partial charge in [0.2, 0.25) is 17.6 Å². The Morgan fingerprint density at radius 2 is 1.66 bits per heavy atom. The summed E-state index contributed by atoms with van der Waals surface area (Å²) in [5.74, 6) is 0.257. The lowest BCUT2D eigenvalue weighted by Gasteiger charge is -2.23. The number of aryl methyl sites for hydroxylation is 1. The first kappa shape index (κ1) is 42.9. The molecule has 1 atom stereocenters. The van der Waals surface area contributed by atoms with Crippen molar-refractivity contribution < 1.29 is 28.7 Å². The average molecular weight is 753 g/mol. The Bertz CT molecular complexity index is 1570. The first-order valence-electron chi connectivity index (χ1n) is 18.3. The van der Waals surface area contributed by atoms with Crippen LogP contribution >= 0.6 is 11.9 Å². The molecule has 0 bridgehead atoms. The maximum atomic E-state index is 12.4. The van der Waals surface area contributed by atoms with E-state index in [1.165, 1.54) is 61.2 Å². The highest BCUT2D eigenvalue weighted by Crippen LogP contribution is 2.18. The standard InChI is InChI=1S/C17H20N4O4S.C8H10N2.C7H15N.C6H11NO2/c1-26-19-10-15(23)21-8-4-6-12(21)16(24)18-9-13(22)17-20-11-5-2-3-7-14(11)25-17;1-6-2-4-7(5-3-6)8(9)10;1-2-7-3-5-8-6-4-7;8-6(9)7-4-2-1-3-5-7/h2-3,5,7,12,19H,4,6,8-10H2,1H3,(H,18,24);2-5H,1H3,(H3,9,10);7-8H,2-6H2,1H3;1-5H2,(H,8,9). The second kappa shape index (κ2) is 23.2. The zero-order valence-electron chi connectivity index (χ0n) is 31.2. The second-order valence-electron chi connectivity index (χ2n) is 13.1. The predicted molar refractivity (Wildman–Crippen MR) is 209 cm³/mol. The van der Waals surface area contributed by atoms with E-state index < -0.39 is 17.9 Å². The minimum atomic E-state index is -0.769. The average Bonchev–Trinajstić information content (AvgIpc) is 3.86. The number of benzene rings is 2. The fourth-order valence-electron chi connectivity index (χ4n) is 6.03. The molecular formula is C38H56N8O6S. The van der Waals surface area contributed by atoms with Gasteiger partial charge in [-0.15, -0.1) is 0 Å². The van der Waals surface area contributed by atoms with Crippen LogP contribution in [-0.4, -0.2) is 108 Å². The molecule has 3 aromatic rings. The van der Waals surface area contributed by atoms with E-state index in [4.69, 9.17) is 20.7 Å². The fourth-order valence-corrected chi connectivity index (χ4v) is 6.30. The number of amides is 3. The number of oxazole rings is 1. The van der Waals surface area contributed by atoms with Crippen LogP contribution in [-0.2, 0) is 9.59 Å². The quantitative estimate of drug-likeness (QED) is 0.0757. The molecule has 4 heterocycles. The van der Waals surface area contributed by atoms with E-state index in [9.17, 15) is 19.2 Å². The Morgan fingerprint density at radius 1 is 0.981 bits per heavy atom. The monoisotopic (exact) mass is 752 g/mol. The molecule has 53 heavy (non-hydrogen) atoms. The number of nitrogen functional groups attached to an aromatic ring is 1. The number of carbonyl (C=O) groups excluding carboxylic acids is 3. The van der Waals surface area contributed by atoms with E-state index in [-0.39, 0.29) is 36.6 Å². The van der Waals surface area contributed by atoms with Crippen molar-refractivity contribution in [2.24, 2.45) is 11.7 Å². The Kier molecular flexibility index (Phi) is 18.8. The van der Waals surface area contributed by atoms with Gasteiger partial charge < -0.3 is 35.7 Å². The van der Waals surface area contributed by atoms with Crippen molar-refractivity contribution in [1.82, 2.24) is 30.1 Å². The number of nitrogens with zero attached hydrogens (tertiary/aromatic N) is 3. The van der Waals surface area contributed by atoms with Gasteiger partial charge in [-0.2, -0.15) is 0 Å². The third kappa shape index (κ3) is 14.8. The second-order valence-corrected chi connectivity index (χ2v) is 13.8. The number of nitrogens with one attached hydrogen (secondary N) is 4. The molecule has 1 unspecified atom stereocenters. The number of amidine groups is 1. The SMILES string of the molecule is CCC1CCNCC1.CSNCC(=O)N1CCCC1C(=O)NCC(=O)c1nc2ccccc2o1.Cc1ccc(C(=N)N)cc1.O=C(O)N1CCCCC1. The fraction of sp³-hybridized carbons (Fsp3) is 0.526. The Hall–Kier alpha value is -4.47. The van der Waals surface area contributed by atoms with Crippen LogP contribution in [0.4, 0.5) is 4.79 Å². The molecule has 0 radical (unpaired) electrons. The van der Waals surface area contributed by atoms with Gasteiger partial charge in [0.1, 0.15) is 17.4 Å². The molecule has 0 spiro atoms. The molecule has 3 aliphatic heterocycles. The number of fused-ring (bicyclic) bond motifs is 1. The molecular weight excluding hydrogens is 697 g/mol. The van der Waals surface area contributed by atoms with Gasteiger partial charge in [0.15, 0.2) is 5.58 Å². The minimum absolute atomic E-state index is 0.0324. The summed E-state index contributed by atoms with van der Waals surface area (Å²) in [4.78, 5) is 54.2. The summed E-state index contributed by atoms with van der Waals surface area (Å²) in [6.45, 7) is 8.76. The van der Waals surface area contributed by atoms with E-state index in [0.29, 0.717) is 24.1 Å². The number of aromatic nitrogens is 1. The van der Waals surface area contributed by atoms with Crippen LogP contribution in [0.15, 0.2) is 52.9 Å². The number of likely N-dealkylation sites (tertiary alicyclic amines) is 2. The van der Waals surface area contributed by atoms with Gasteiger partial charge in [0.25, 0.3) is 5.89 Å². The number of carboxylic acid groups (broad SMARTS) is 1. The number of para-hydroxylation sites is 2. The van der Waals surface area contributed by atoms with Gasteiger partial charge >= 0.3 is 6.09 Å². The molecule has 2 aromatic carbocycles. The maximum Gasteiger partial charge on any atom is 0.407 e. The molecule has 3 saturated heterocycles. The Labute approximate surface area is 316 Å². The number of nitrogens with two attached hydrogens (primary N) is 1. The summed E-state index contributed by atoms with van der Waals surface area (Å²) in [5, 5.41) is 21.5. The molecule has 3 amide bonds. The van der Waals surface area contributed by atoms with Crippen molar-refractivity contribution in [1.29, 1.82) is 5.41 Å². The summed E-state index contributed by atoms with van der Waals surface area (Å²) in [5.41, 5.74) is 8.33. The number of piperidine rings is 2. The molecule has 3 aliphatic rings. The summed E-state index contributed by atoms with van der Waals surface area (Å²) < 4.78 is 8.29. The highest BCUT2D eigenvalue weighted by atomic mass is 32.2. The van der Waals surface area contributed by atoms with Crippen LogP contribution in [0.3, 0.4) is 0 Å². The van der Waals surface area contributed by atoms with Gasteiger partial charge in [-0.25, -0.2) is 9.78 Å². The van der Waals surface area contributed by atoms with E-state index >= 15 is 0 Å². The molecule has 15 heteroatoms. The number of hydrogen-bond donors (Lipinski definition) is 6. The first-order chi connectivity index (χ1) is 25.5. The Morgan fingerprint density at radius 3 is 2.23 bits per heavy atom. The minimum Gasteiger partial charge on any atom is -0.465 e. The zero-order chi connectivity index (χ0) is 38.6. The van der Waals surface area contributed by atoms with E-state index in [1.54, 1.807) is 29.2 Å². The number of ketones is 1. The maximum absolute atomic E-state index is 12.4. The Balaban J connectivity index is 0.000000227. The zero-order valence-corrected chi connectivity index (χ0v) is 32.0. The van der Waals surface area contributed by atoms with E-state index in [2.05, 4.69) is 27.3 Å². The van der Waals surface area contributed by atoms with Gasteiger partial charge in [0, 0.05) is 25.2 Å². The van der Waals surface area contributed by atoms with Crippen molar-refractivity contribution in [3.05, 3.63) is 65.5 Å². The van der Waals surface area contributed by atoms with Crippen LogP contribution in [0, 0.1) is 18.3 Å². The smallest absolute Gasteiger partial charge is 0.407 e. The summed E-state index contributed by atoms with van der Waals surface area (Å²) in [7, 11) is 0. The lowest BCUT2D eigenvalue weighted by Crippen LogP contribution is -2.48. The van der Waals surface area contributed by atoms with Crippen LogP contribution in [0.2, 0.25) is 0 Å². The van der Waals surface area contributed by atoms with Gasteiger partial charge in [-0.1, -0.05) is 67.3 Å². The van der Waals surface area contributed by atoms with Crippen molar-refractivity contribution in [3.63, 3.8) is 0 Å². The van der Waals surface area contributed by atoms with Crippen molar-refractivity contribution in [2.75, 3.05) is 52.1 Å². The summed E-state index contributed by atoms with van der Waals surface area (Å²) in [6, 6.07) is 14.1. The van der Waals surface area contributed by atoms with Crippen LogP contribution in [0.5, 0.6) is 0 Å². The molecule has 6 rings (SSSR count). The number of hydrogen-bond acceptors (Lipinski definition) is 10. The van der Waals surface area contributed by atoms with E-state index in [0.717, 1.165) is 43.8 Å². The van der Waals surface area contributed by atoms with Crippen LogP contribution in [0.1, 0.15) is 80.1 Å². The molecule has 290 valence electrons. The van der Waals surface area contributed by atoms with E-state index in [1.807, 2.05) is 37.4 Å². The molecule has 0 aliphatic carbocycles. The summed E-state index contributed by atoms with van der Waals surface area (Å²) in [6.07, 6.45) is 9.85. The lowest BCUT2D eigenvalue weighted by atomic mass is 9.96. The summed E-state index contributed by atoms with van der Waals surface area (Å²) >= 11 is 1.35. The molecule has 7 N–H and O–H groups in total. The van der Waals surface area contributed by atoms with Gasteiger partial charge in [-0.3, -0.25) is 24.5 Å². The van der Waals surface area contributed by atoms with Gasteiger partial charge in [-0.05, 0) is 89.3 Å². The highest BCUT2D eigenvalue weighted by Gasteiger charge is 2.34. The number of rotatable bonds is 9. The van der Waals surface area contributed by atoms with Crippen LogP contribution in [0.25, 0.3) is 11.1 Å². The third-order valence-corrected chi connectivity index (χ3v) is 9.66. The predicted octanol–water partition coefficient (Wildman–Crippen LogP) is 4.81. The van der Waals surface area contributed by atoms with Crippen molar-refractivity contribution in [3.8, 4) is 0 Å². The first-order valence-corrected chi connectivity index (χ1v) is 19.6. The highest BCUT2D eigenvalue weighted by molar-refractivity contribution is 7.96. The largest absolute Gasteiger partial charge is 0.465 e. The third-order valence-electron chi connectivity index (χ3n) is 9.22. The van der Waals surface area contributed by atoms with Crippen LogP contribution < -0.4 is 21.1 Å². The van der Waals surface area contributed by atoms with Crippen molar-refractivity contribution >= 4 is 52.6 Å². The van der Waals surface area contributed by atoms with Crippen molar-refractivity contribution in [2.45, 2.75) is 71.3 Å². The topological polar surface area (TPSA) is 207 Å². The normalized spacial score (nSPS) is 16.9. The molecule has 1 aromatic heterocycles. The molecule has 0 saturated carbocycles. The lowest BCUT2D eigenvalue weighted by molar-refractivity contribution is -0.137.